The summed E-state index contributed by atoms with van der Waals surface area (Å²) in [6, 6.07) is 7.70. The van der Waals surface area contributed by atoms with Gasteiger partial charge in [0.05, 0.1) is 12.4 Å². The zero-order chi connectivity index (χ0) is 24.9. The third kappa shape index (κ3) is 5.62. The summed E-state index contributed by atoms with van der Waals surface area (Å²) in [5.74, 6) is 1.45. The first kappa shape index (κ1) is 25.5. The molecule has 35 heavy (non-hydrogen) atoms. The van der Waals surface area contributed by atoms with E-state index in [9.17, 15) is 4.79 Å². The Balaban J connectivity index is 1.59. The van der Waals surface area contributed by atoms with E-state index in [1.165, 1.54) is 10.4 Å². The normalized spacial score (nSPS) is 14.8. The van der Waals surface area contributed by atoms with Crippen LogP contribution in [0.2, 0.25) is 5.02 Å². The first-order chi connectivity index (χ1) is 16.9. The molecule has 0 radical (unpaired) electrons. The Hall–Kier alpha value is -2.63. The fraction of sp³-hybridized carbons (Fsp3) is 0.417. The van der Waals surface area contributed by atoms with Gasteiger partial charge in [0.1, 0.15) is 10.8 Å². The van der Waals surface area contributed by atoms with Crippen molar-refractivity contribution in [3.05, 3.63) is 62.5 Å². The number of fused-ring (bicyclic) bond motifs is 3. The van der Waals surface area contributed by atoms with Crippen LogP contribution in [0.3, 0.4) is 0 Å². The number of nitrogens with zero attached hydrogens (tertiary/aromatic N) is 4. The minimum atomic E-state index is -0.493. The van der Waals surface area contributed by atoms with Gasteiger partial charge in [-0.1, -0.05) is 23.7 Å². The lowest BCUT2D eigenvalue weighted by Gasteiger charge is -2.15. The Kier molecular flexibility index (Phi) is 8.30. The number of aliphatic imine (C=N–C) groups is 1. The third-order valence-corrected chi connectivity index (χ3v) is 7.38. The van der Waals surface area contributed by atoms with Crippen LogP contribution in [-0.2, 0) is 4.79 Å². The predicted octanol–water partition coefficient (Wildman–Crippen LogP) is 2.75. The summed E-state index contributed by atoms with van der Waals surface area (Å²) in [6.07, 6.45) is 0.696. The van der Waals surface area contributed by atoms with Gasteiger partial charge in [-0.2, -0.15) is 0 Å². The summed E-state index contributed by atoms with van der Waals surface area (Å²) in [5.41, 5.74) is 9.54. The highest BCUT2D eigenvalue weighted by atomic mass is 35.5. The lowest BCUT2D eigenvalue weighted by molar-refractivity contribution is -0.121. The van der Waals surface area contributed by atoms with Crippen molar-refractivity contribution in [1.82, 2.24) is 30.7 Å². The highest BCUT2D eigenvalue weighted by Gasteiger charge is 2.31. The van der Waals surface area contributed by atoms with E-state index in [-0.39, 0.29) is 12.6 Å². The van der Waals surface area contributed by atoms with Crippen molar-refractivity contribution in [3.63, 3.8) is 0 Å². The van der Waals surface area contributed by atoms with Gasteiger partial charge < -0.3 is 16.4 Å². The Morgan fingerprint density at radius 3 is 2.69 bits per heavy atom. The second-order valence-electron chi connectivity index (χ2n) is 8.41. The van der Waals surface area contributed by atoms with Crippen LogP contribution in [0.25, 0.3) is 5.00 Å². The van der Waals surface area contributed by atoms with Gasteiger partial charge in [0.15, 0.2) is 12.0 Å². The number of halogens is 1. The zero-order valence-electron chi connectivity index (χ0n) is 20.2. The maximum atomic E-state index is 12.3. The molecule has 0 bridgehead atoms. The number of hydrogen-bond donors (Lipinski definition) is 4. The molecule has 3 heterocycles. The molecule has 0 spiro atoms. The quantitative estimate of drug-likeness (QED) is 0.244. The SMILES string of the molecule is Cc1sc2c(c1C)C(c1ccc(Cl)cc1)=NC(NCNC(=O)CCCNCCN)c1nnc(C)n1-2. The number of carbonyl (C=O) groups excluding carboxylic acids is 1. The van der Waals surface area contributed by atoms with E-state index < -0.39 is 6.17 Å². The molecule has 0 aliphatic carbocycles. The largest absolute Gasteiger partial charge is 0.343 e. The zero-order valence-corrected chi connectivity index (χ0v) is 21.8. The van der Waals surface area contributed by atoms with Gasteiger partial charge in [0.2, 0.25) is 5.91 Å². The van der Waals surface area contributed by atoms with Crippen LogP contribution in [0.15, 0.2) is 29.3 Å². The van der Waals surface area contributed by atoms with Gasteiger partial charge >= 0.3 is 0 Å². The van der Waals surface area contributed by atoms with E-state index in [0.29, 0.717) is 23.8 Å². The van der Waals surface area contributed by atoms with E-state index in [2.05, 4.69) is 44.6 Å². The highest BCUT2D eigenvalue weighted by Crippen LogP contribution is 2.38. The predicted molar refractivity (Wildman–Crippen MR) is 141 cm³/mol. The van der Waals surface area contributed by atoms with Crippen molar-refractivity contribution >= 4 is 34.6 Å². The molecular formula is C24H31ClN8OS. The number of benzene rings is 1. The minimum Gasteiger partial charge on any atom is -0.343 e. The number of hydrogen-bond acceptors (Lipinski definition) is 8. The highest BCUT2D eigenvalue weighted by molar-refractivity contribution is 7.15. The van der Waals surface area contributed by atoms with E-state index in [4.69, 9.17) is 22.3 Å². The van der Waals surface area contributed by atoms with Crippen LogP contribution < -0.4 is 21.7 Å². The number of aryl methyl sites for hydroxylation is 2. The van der Waals surface area contributed by atoms with Crippen LogP contribution in [0, 0.1) is 20.8 Å². The second-order valence-corrected chi connectivity index (χ2v) is 10.1. The summed E-state index contributed by atoms with van der Waals surface area (Å²) in [7, 11) is 0. The van der Waals surface area contributed by atoms with Crippen molar-refractivity contribution < 1.29 is 4.79 Å². The summed E-state index contributed by atoms with van der Waals surface area (Å²) in [4.78, 5) is 18.6. The molecule has 2 aromatic heterocycles. The molecule has 9 nitrogen and oxygen atoms in total. The minimum absolute atomic E-state index is 0.0224. The molecule has 1 atom stereocenters. The first-order valence-corrected chi connectivity index (χ1v) is 12.9. The molecule has 186 valence electrons. The van der Waals surface area contributed by atoms with E-state index in [1.807, 2.05) is 31.2 Å². The summed E-state index contributed by atoms with van der Waals surface area (Å²) in [5, 5.41) is 20.0. The number of nitrogens with two attached hydrogens (primary N) is 1. The molecular weight excluding hydrogens is 484 g/mol. The van der Waals surface area contributed by atoms with Gasteiger partial charge in [0.25, 0.3) is 0 Å². The number of rotatable bonds is 10. The second kappa shape index (κ2) is 11.4. The molecule has 0 saturated carbocycles. The lowest BCUT2D eigenvalue weighted by atomic mass is 10.00. The number of thiophene rings is 1. The molecule has 4 rings (SSSR count). The summed E-state index contributed by atoms with van der Waals surface area (Å²) < 4.78 is 2.06. The molecule has 3 aromatic rings. The fourth-order valence-corrected chi connectivity index (χ4v) is 5.34. The average molecular weight is 515 g/mol. The van der Waals surface area contributed by atoms with Gasteiger partial charge in [-0.25, -0.2) is 0 Å². The van der Waals surface area contributed by atoms with Gasteiger partial charge in [-0.3, -0.25) is 19.7 Å². The standard InChI is InChI=1S/C24H31ClN8OS/c1-14-15(2)35-24-20(14)21(17-6-8-18(25)9-7-17)30-22(23-32-31-16(3)33(23)24)29-13-28-19(34)5-4-11-27-12-10-26/h6-9,22,27,29H,4-5,10-13,26H2,1-3H3,(H,28,34). The summed E-state index contributed by atoms with van der Waals surface area (Å²) in [6.45, 7) is 8.54. The van der Waals surface area contributed by atoms with E-state index >= 15 is 0 Å². The van der Waals surface area contributed by atoms with Crippen LogP contribution >= 0.6 is 22.9 Å². The van der Waals surface area contributed by atoms with E-state index in [1.54, 1.807) is 11.3 Å². The van der Waals surface area contributed by atoms with Crippen molar-refractivity contribution in [1.29, 1.82) is 0 Å². The third-order valence-electron chi connectivity index (χ3n) is 5.94. The van der Waals surface area contributed by atoms with Crippen LogP contribution in [0.5, 0.6) is 0 Å². The van der Waals surface area contributed by atoms with Crippen LogP contribution in [0.4, 0.5) is 0 Å². The van der Waals surface area contributed by atoms with Crippen molar-refractivity contribution in [2.75, 3.05) is 26.3 Å². The number of carbonyl (C=O) groups is 1. The Bertz CT molecular complexity index is 1220. The molecule has 1 amide bonds. The average Bonchev–Trinajstić information content (AvgIpc) is 3.31. The fourth-order valence-electron chi connectivity index (χ4n) is 4.00. The number of nitrogens with one attached hydrogen (secondary N) is 3. The molecule has 1 aromatic carbocycles. The Labute approximate surface area is 214 Å². The van der Waals surface area contributed by atoms with Crippen LogP contribution in [0.1, 0.15) is 52.2 Å². The smallest absolute Gasteiger partial charge is 0.221 e. The molecule has 11 heteroatoms. The molecule has 5 N–H and O–H groups in total. The van der Waals surface area contributed by atoms with Gasteiger partial charge in [-0.05, 0) is 51.4 Å². The van der Waals surface area contributed by atoms with Gasteiger partial charge in [-0.15, -0.1) is 21.5 Å². The van der Waals surface area contributed by atoms with Crippen LogP contribution in [-0.4, -0.2) is 52.7 Å². The number of aromatic nitrogens is 3. The molecule has 1 aliphatic heterocycles. The molecule has 0 saturated heterocycles. The molecule has 0 fully saturated rings. The first-order valence-electron chi connectivity index (χ1n) is 11.7. The van der Waals surface area contributed by atoms with Gasteiger partial charge in [0, 0.05) is 40.5 Å². The topological polar surface area (TPSA) is 122 Å². The lowest BCUT2D eigenvalue weighted by Crippen LogP contribution is -2.36. The van der Waals surface area contributed by atoms with E-state index in [0.717, 1.165) is 47.2 Å². The monoisotopic (exact) mass is 514 g/mol. The van der Waals surface area contributed by atoms with Crippen molar-refractivity contribution in [2.24, 2.45) is 10.7 Å². The Morgan fingerprint density at radius 1 is 1.17 bits per heavy atom. The summed E-state index contributed by atoms with van der Waals surface area (Å²) >= 11 is 7.86. The van der Waals surface area contributed by atoms with Crippen molar-refractivity contribution in [3.8, 4) is 5.00 Å². The molecule has 1 unspecified atom stereocenters. The molecule has 1 aliphatic rings. The maximum absolute atomic E-state index is 12.3. The Morgan fingerprint density at radius 2 is 1.94 bits per heavy atom. The maximum Gasteiger partial charge on any atom is 0.221 e. The van der Waals surface area contributed by atoms with Crippen molar-refractivity contribution in [2.45, 2.75) is 39.8 Å². The number of amides is 1.